The largest absolute Gasteiger partial charge is 0.494 e. The SMILES string of the molecule is CCCN(Cc1cccc(OCC)c1)C(=O)CCl. The summed E-state index contributed by atoms with van der Waals surface area (Å²) in [5, 5.41) is 0. The van der Waals surface area contributed by atoms with E-state index in [-0.39, 0.29) is 11.8 Å². The Morgan fingerprint density at radius 2 is 2.17 bits per heavy atom. The Labute approximate surface area is 114 Å². The summed E-state index contributed by atoms with van der Waals surface area (Å²) < 4.78 is 5.45. The molecule has 0 heterocycles. The first-order valence-corrected chi connectivity index (χ1v) is 6.80. The number of benzene rings is 1. The van der Waals surface area contributed by atoms with Crippen molar-refractivity contribution < 1.29 is 9.53 Å². The maximum absolute atomic E-state index is 11.7. The summed E-state index contributed by atoms with van der Waals surface area (Å²) in [6.45, 7) is 5.95. The average molecular weight is 270 g/mol. The van der Waals surface area contributed by atoms with E-state index in [1.807, 2.05) is 38.1 Å². The fourth-order valence-electron chi connectivity index (χ4n) is 1.77. The maximum atomic E-state index is 11.7. The Hall–Kier alpha value is -1.22. The summed E-state index contributed by atoms with van der Waals surface area (Å²) in [5.41, 5.74) is 1.06. The molecule has 0 atom stereocenters. The van der Waals surface area contributed by atoms with Crippen LogP contribution in [0, 0.1) is 0 Å². The van der Waals surface area contributed by atoms with Gasteiger partial charge in [-0.3, -0.25) is 4.79 Å². The number of amides is 1. The Morgan fingerprint density at radius 3 is 2.78 bits per heavy atom. The predicted octanol–water partition coefficient (Wildman–Crippen LogP) is 3.06. The lowest BCUT2D eigenvalue weighted by Gasteiger charge is -2.21. The molecule has 3 nitrogen and oxygen atoms in total. The zero-order valence-electron chi connectivity index (χ0n) is 11.0. The van der Waals surface area contributed by atoms with Crippen LogP contribution in [0.25, 0.3) is 0 Å². The van der Waals surface area contributed by atoms with Crippen LogP contribution in [-0.2, 0) is 11.3 Å². The van der Waals surface area contributed by atoms with Gasteiger partial charge < -0.3 is 9.64 Å². The van der Waals surface area contributed by atoms with Crippen LogP contribution >= 0.6 is 11.6 Å². The van der Waals surface area contributed by atoms with Crippen molar-refractivity contribution >= 4 is 17.5 Å². The van der Waals surface area contributed by atoms with E-state index in [9.17, 15) is 4.79 Å². The molecule has 0 N–H and O–H groups in total. The van der Waals surface area contributed by atoms with Gasteiger partial charge in [0.2, 0.25) is 5.91 Å². The number of carbonyl (C=O) groups is 1. The Balaban J connectivity index is 2.73. The molecule has 100 valence electrons. The fourth-order valence-corrected chi connectivity index (χ4v) is 1.94. The lowest BCUT2D eigenvalue weighted by Crippen LogP contribution is -2.32. The molecule has 0 spiro atoms. The van der Waals surface area contributed by atoms with Crippen LogP contribution in [0.4, 0.5) is 0 Å². The average Bonchev–Trinajstić information content (AvgIpc) is 2.38. The molecule has 0 aliphatic rings. The second kappa shape index (κ2) is 7.98. The van der Waals surface area contributed by atoms with Gasteiger partial charge >= 0.3 is 0 Å². The third-order valence-electron chi connectivity index (χ3n) is 2.54. The van der Waals surface area contributed by atoms with Gasteiger partial charge in [0, 0.05) is 13.1 Å². The molecule has 0 fully saturated rings. The molecule has 0 bridgehead atoms. The lowest BCUT2D eigenvalue weighted by molar-refractivity contribution is -0.129. The van der Waals surface area contributed by atoms with Crippen LogP contribution in [0.15, 0.2) is 24.3 Å². The molecule has 1 amide bonds. The Morgan fingerprint density at radius 1 is 1.39 bits per heavy atom. The van der Waals surface area contributed by atoms with Crippen molar-refractivity contribution in [1.82, 2.24) is 4.90 Å². The Kier molecular flexibility index (Phi) is 6.58. The Bertz CT molecular complexity index is 382. The molecule has 0 unspecified atom stereocenters. The van der Waals surface area contributed by atoms with Crippen LogP contribution in [0.5, 0.6) is 5.75 Å². The minimum Gasteiger partial charge on any atom is -0.494 e. The summed E-state index contributed by atoms with van der Waals surface area (Å²) in [7, 11) is 0. The molecule has 0 aliphatic carbocycles. The summed E-state index contributed by atoms with van der Waals surface area (Å²) in [4.78, 5) is 13.5. The molecule has 0 radical (unpaired) electrons. The molecule has 1 aromatic carbocycles. The van der Waals surface area contributed by atoms with E-state index in [1.54, 1.807) is 4.90 Å². The lowest BCUT2D eigenvalue weighted by atomic mass is 10.2. The van der Waals surface area contributed by atoms with Crippen molar-refractivity contribution in [3.05, 3.63) is 29.8 Å². The first-order chi connectivity index (χ1) is 8.71. The minimum absolute atomic E-state index is 0.0275. The number of rotatable bonds is 7. The summed E-state index contributed by atoms with van der Waals surface area (Å²) >= 11 is 5.61. The van der Waals surface area contributed by atoms with Gasteiger partial charge in [0.1, 0.15) is 11.6 Å². The molecule has 0 saturated heterocycles. The zero-order valence-corrected chi connectivity index (χ0v) is 11.7. The maximum Gasteiger partial charge on any atom is 0.237 e. The van der Waals surface area contributed by atoms with Gasteiger partial charge in [-0.25, -0.2) is 0 Å². The first-order valence-electron chi connectivity index (χ1n) is 6.26. The van der Waals surface area contributed by atoms with E-state index in [0.29, 0.717) is 13.2 Å². The molecule has 4 heteroatoms. The fraction of sp³-hybridized carbons (Fsp3) is 0.500. The third-order valence-corrected chi connectivity index (χ3v) is 2.77. The topological polar surface area (TPSA) is 29.5 Å². The van der Waals surface area contributed by atoms with E-state index >= 15 is 0 Å². The van der Waals surface area contributed by atoms with Crippen molar-refractivity contribution in [2.45, 2.75) is 26.8 Å². The van der Waals surface area contributed by atoms with Gasteiger partial charge in [0.05, 0.1) is 6.61 Å². The van der Waals surface area contributed by atoms with Gasteiger partial charge in [0.15, 0.2) is 0 Å². The van der Waals surface area contributed by atoms with E-state index in [1.165, 1.54) is 0 Å². The highest BCUT2D eigenvalue weighted by molar-refractivity contribution is 6.27. The molecule has 1 rings (SSSR count). The monoisotopic (exact) mass is 269 g/mol. The van der Waals surface area contributed by atoms with E-state index < -0.39 is 0 Å². The highest BCUT2D eigenvalue weighted by Gasteiger charge is 2.12. The molecule has 1 aromatic rings. The molecule has 0 aliphatic heterocycles. The highest BCUT2D eigenvalue weighted by Crippen LogP contribution is 2.15. The molecule has 0 saturated carbocycles. The molecule has 18 heavy (non-hydrogen) atoms. The second-order valence-corrected chi connectivity index (χ2v) is 4.30. The zero-order chi connectivity index (χ0) is 13.4. The number of hydrogen-bond donors (Lipinski definition) is 0. The van der Waals surface area contributed by atoms with Crippen LogP contribution in [0.1, 0.15) is 25.8 Å². The molecule has 0 aromatic heterocycles. The van der Waals surface area contributed by atoms with Crippen LogP contribution < -0.4 is 4.74 Å². The highest BCUT2D eigenvalue weighted by atomic mass is 35.5. The first kappa shape index (κ1) is 14.8. The number of ether oxygens (including phenoxy) is 1. The number of hydrogen-bond acceptors (Lipinski definition) is 2. The quantitative estimate of drug-likeness (QED) is 0.712. The smallest absolute Gasteiger partial charge is 0.237 e. The van der Waals surface area contributed by atoms with Crippen molar-refractivity contribution in [2.75, 3.05) is 19.0 Å². The van der Waals surface area contributed by atoms with Crippen molar-refractivity contribution in [3.63, 3.8) is 0 Å². The van der Waals surface area contributed by atoms with Crippen LogP contribution in [0.2, 0.25) is 0 Å². The molecular weight excluding hydrogens is 250 g/mol. The minimum atomic E-state index is -0.0275. The number of alkyl halides is 1. The van der Waals surface area contributed by atoms with Gasteiger partial charge in [0.25, 0.3) is 0 Å². The summed E-state index contributed by atoms with van der Waals surface area (Å²) in [6, 6.07) is 7.82. The number of nitrogens with zero attached hydrogens (tertiary/aromatic N) is 1. The van der Waals surface area contributed by atoms with Gasteiger partial charge in [-0.05, 0) is 31.0 Å². The standard InChI is InChI=1S/C14H20ClNO2/c1-3-8-16(14(17)10-15)11-12-6-5-7-13(9-12)18-4-2/h5-7,9H,3-4,8,10-11H2,1-2H3. The van der Waals surface area contributed by atoms with Gasteiger partial charge in [-0.2, -0.15) is 0 Å². The van der Waals surface area contributed by atoms with Gasteiger partial charge in [-0.15, -0.1) is 11.6 Å². The summed E-state index contributed by atoms with van der Waals surface area (Å²) in [6.07, 6.45) is 0.924. The molecular formula is C14H20ClNO2. The normalized spacial score (nSPS) is 10.2. The van der Waals surface area contributed by atoms with E-state index in [0.717, 1.165) is 24.3 Å². The van der Waals surface area contributed by atoms with Crippen molar-refractivity contribution in [1.29, 1.82) is 0 Å². The van der Waals surface area contributed by atoms with Crippen molar-refractivity contribution in [2.24, 2.45) is 0 Å². The van der Waals surface area contributed by atoms with E-state index in [4.69, 9.17) is 16.3 Å². The van der Waals surface area contributed by atoms with E-state index in [2.05, 4.69) is 0 Å². The van der Waals surface area contributed by atoms with Gasteiger partial charge in [-0.1, -0.05) is 19.1 Å². The van der Waals surface area contributed by atoms with Crippen LogP contribution in [-0.4, -0.2) is 29.8 Å². The number of halogens is 1. The predicted molar refractivity (Wildman–Crippen MR) is 74.0 cm³/mol. The third kappa shape index (κ3) is 4.57. The number of carbonyl (C=O) groups excluding carboxylic acids is 1. The second-order valence-electron chi connectivity index (χ2n) is 4.03. The van der Waals surface area contributed by atoms with Crippen LogP contribution in [0.3, 0.4) is 0 Å². The summed E-state index contributed by atoms with van der Waals surface area (Å²) in [5.74, 6) is 0.843. The van der Waals surface area contributed by atoms with Crippen molar-refractivity contribution in [3.8, 4) is 5.75 Å².